The number of esters is 1. The molecule has 98 valence electrons. The summed E-state index contributed by atoms with van der Waals surface area (Å²) in [6.07, 6.45) is -1.88. The Kier molecular flexibility index (Phi) is 7.49. The summed E-state index contributed by atoms with van der Waals surface area (Å²) in [5.41, 5.74) is 0. The number of carbonyl (C=O) groups excluding carboxylic acids is 2. The van der Waals surface area contributed by atoms with Gasteiger partial charge in [-0.05, 0) is 20.3 Å². The third-order valence-electron chi connectivity index (χ3n) is 1.65. The Morgan fingerprint density at radius 2 is 1.88 bits per heavy atom. The van der Waals surface area contributed by atoms with E-state index in [-0.39, 0.29) is 26.1 Å². The van der Waals surface area contributed by atoms with Crippen LogP contribution in [0.25, 0.3) is 0 Å². The Hall–Kier alpha value is -1.79. The zero-order valence-electron chi connectivity index (χ0n) is 9.80. The van der Waals surface area contributed by atoms with Gasteiger partial charge in [-0.2, -0.15) is 0 Å². The lowest BCUT2D eigenvalue weighted by Crippen LogP contribution is -2.27. The zero-order valence-corrected chi connectivity index (χ0v) is 9.80. The van der Waals surface area contributed by atoms with Gasteiger partial charge in [0.15, 0.2) is 6.10 Å². The maximum absolute atomic E-state index is 11.2. The molecule has 0 rings (SSSR count). The second kappa shape index (κ2) is 8.37. The van der Waals surface area contributed by atoms with E-state index in [2.05, 4.69) is 9.47 Å². The summed E-state index contributed by atoms with van der Waals surface area (Å²) >= 11 is 0. The molecule has 7 nitrogen and oxygen atoms in total. The Balaban J connectivity index is 3.74. The molecule has 0 aromatic rings. The van der Waals surface area contributed by atoms with Gasteiger partial charge in [-0.3, -0.25) is 4.79 Å². The van der Waals surface area contributed by atoms with E-state index < -0.39 is 24.2 Å². The van der Waals surface area contributed by atoms with E-state index in [1.165, 1.54) is 6.92 Å². The predicted octanol–water partition coefficient (Wildman–Crippen LogP) is 0.956. The van der Waals surface area contributed by atoms with E-state index in [1.54, 1.807) is 6.92 Å². The average Bonchev–Trinajstić information content (AvgIpc) is 2.23. The Morgan fingerprint density at radius 3 is 2.41 bits per heavy atom. The van der Waals surface area contributed by atoms with Gasteiger partial charge in [0.25, 0.3) is 0 Å². The maximum Gasteiger partial charge on any atom is 0.509 e. The van der Waals surface area contributed by atoms with Crippen molar-refractivity contribution in [1.82, 2.24) is 0 Å². The number of ether oxygens (including phenoxy) is 3. The lowest BCUT2D eigenvalue weighted by Gasteiger charge is -2.11. The molecule has 0 aliphatic carbocycles. The van der Waals surface area contributed by atoms with E-state index in [0.717, 1.165) is 0 Å². The third-order valence-corrected chi connectivity index (χ3v) is 1.65. The van der Waals surface area contributed by atoms with Crippen molar-refractivity contribution in [3.05, 3.63) is 0 Å². The first-order valence-corrected chi connectivity index (χ1v) is 5.19. The standard InChI is InChI=1S/C10H16O7/c1-3-15-10(14)17-7(2)9(13)16-6-4-5-8(11)12/h7H,3-6H2,1-2H3,(H,11,12). The number of carboxylic acid groups (broad SMARTS) is 1. The quantitative estimate of drug-likeness (QED) is 0.529. The van der Waals surface area contributed by atoms with Crippen molar-refractivity contribution >= 4 is 18.1 Å². The predicted molar refractivity (Wildman–Crippen MR) is 55.4 cm³/mol. The van der Waals surface area contributed by atoms with Crippen molar-refractivity contribution in [3.8, 4) is 0 Å². The number of aliphatic carboxylic acids is 1. The van der Waals surface area contributed by atoms with E-state index >= 15 is 0 Å². The average molecular weight is 248 g/mol. The van der Waals surface area contributed by atoms with Crippen LogP contribution in [0, 0.1) is 0 Å². The van der Waals surface area contributed by atoms with Crippen molar-refractivity contribution < 1.29 is 33.7 Å². The highest BCUT2D eigenvalue weighted by Gasteiger charge is 2.19. The number of rotatable bonds is 7. The molecular formula is C10H16O7. The Bertz CT molecular complexity index is 274. The van der Waals surface area contributed by atoms with Crippen molar-refractivity contribution in [2.75, 3.05) is 13.2 Å². The van der Waals surface area contributed by atoms with Crippen molar-refractivity contribution in [1.29, 1.82) is 0 Å². The fourth-order valence-corrected chi connectivity index (χ4v) is 0.858. The molecule has 0 aromatic heterocycles. The highest BCUT2D eigenvalue weighted by molar-refractivity contribution is 5.77. The van der Waals surface area contributed by atoms with Gasteiger partial charge in [0.2, 0.25) is 0 Å². The van der Waals surface area contributed by atoms with Crippen LogP contribution in [0.1, 0.15) is 26.7 Å². The second-order valence-electron chi connectivity index (χ2n) is 3.11. The molecule has 0 aliphatic heterocycles. The van der Waals surface area contributed by atoms with Crippen LogP contribution in [0.15, 0.2) is 0 Å². The molecule has 1 atom stereocenters. The van der Waals surface area contributed by atoms with Gasteiger partial charge < -0.3 is 19.3 Å². The molecule has 0 amide bonds. The molecule has 1 unspecified atom stereocenters. The van der Waals surface area contributed by atoms with Crippen molar-refractivity contribution in [2.45, 2.75) is 32.8 Å². The lowest BCUT2D eigenvalue weighted by atomic mass is 10.3. The summed E-state index contributed by atoms with van der Waals surface area (Å²) in [7, 11) is 0. The molecule has 17 heavy (non-hydrogen) atoms. The second-order valence-corrected chi connectivity index (χ2v) is 3.11. The Morgan fingerprint density at radius 1 is 1.24 bits per heavy atom. The molecule has 1 N–H and O–H groups in total. The van der Waals surface area contributed by atoms with Gasteiger partial charge in [-0.15, -0.1) is 0 Å². The summed E-state index contributed by atoms with van der Waals surface area (Å²) < 4.78 is 13.8. The van der Waals surface area contributed by atoms with Crippen molar-refractivity contribution in [3.63, 3.8) is 0 Å². The van der Waals surface area contributed by atoms with Crippen LogP contribution < -0.4 is 0 Å². The highest BCUT2D eigenvalue weighted by Crippen LogP contribution is 1.99. The van der Waals surface area contributed by atoms with Gasteiger partial charge in [0.1, 0.15) is 0 Å². The van der Waals surface area contributed by atoms with Gasteiger partial charge in [-0.1, -0.05) is 0 Å². The smallest absolute Gasteiger partial charge is 0.481 e. The van der Waals surface area contributed by atoms with Gasteiger partial charge in [0, 0.05) is 6.42 Å². The van der Waals surface area contributed by atoms with Gasteiger partial charge >= 0.3 is 18.1 Å². The summed E-state index contributed by atoms with van der Waals surface area (Å²) in [6.45, 7) is 3.08. The Labute approximate surface area is 98.6 Å². The third kappa shape index (κ3) is 8.06. The summed E-state index contributed by atoms with van der Waals surface area (Å²) in [5, 5.41) is 8.34. The molecule has 0 aromatic carbocycles. The molecule has 0 saturated heterocycles. The summed E-state index contributed by atoms with van der Waals surface area (Å²) in [4.78, 5) is 32.2. The fraction of sp³-hybridized carbons (Fsp3) is 0.700. The molecule has 7 heteroatoms. The monoisotopic (exact) mass is 248 g/mol. The molecule has 0 heterocycles. The molecule has 0 aliphatic rings. The molecule has 0 fully saturated rings. The van der Waals surface area contributed by atoms with E-state index in [4.69, 9.17) is 9.84 Å². The van der Waals surface area contributed by atoms with Crippen LogP contribution in [0.5, 0.6) is 0 Å². The number of carboxylic acids is 1. The first-order valence-electron chi connectivity index (χ1n) is 5.19. The molecule has 0 radical (unpaired) electrons. The van der Waals surface area contributed by atoms with Crippen LogP contribution in [0.4, 0.5) is 4.79 Å². The van der Waals surface area contributed by atoms with Crippen LogP contribution in [-0.4, -0.2) is 42.5 Å². The van der Waals surface area contributed by atoms with E-state index in [9.17, 15) is 14.4 Å². The molecular weight excluding hydrogens is 232 g/mol. The van der Waals surface area contributed by atoms with Crippen LogP contribution in [0.2, 0.25) is 0 Å². The van der Waals surface area contributed by atoms with E-state index in [0.29, 0.717) is 0 Å². The first-order chi connectivity index (χ1) is 7.97. The summed E-state index contributed by atoms with van der Waals surface area (Å²) in [6, 6.07) is 0. The minimum Gasteiger partial charge on any atom is -0.481 e. The minimum absolute atomic E-state index is 0.0261. The van der Waals surface area contributed by atoms with Crippen LogP contribution in [0.3, 0.4) is 0 Å². The van der Waals surface area contributed by atoms with E-state index in [1.807, 2.05) is 0 Å². The normalized spacial score (nSPS) is 11.4. The number of carbonyl (C=O) groups is 3. The minimum atomic E-state index is -1.07. The number of hydrogen-bond donors (Lipinski definition) is 1. The molecule has 0 bridgehead atoms. The largest absolute Gasteiger partial charge is 0.509 e. The lowest BCUT2D eigenvalue weighted by molar-refractivity contribution is -0.154. The summed E-state index contributed by atoms with van der Waals surface area (Å²) in [5.74, 6) is -1.69. The SMILES string of the molecule is CCOC(=O)OC(C)C(=O)OCCCC(=O)O. The van der Waals surface area contributed by atoms with Gasteiger partial charge in [-0.25, -0.2) is 9.59 Å². The van der Waals surface area contributed by atoms with Crippen LogP contribution >= 0.6 is 0 Å². The van der Waals surface area contributed by atoms with Crippen LogP contribution in [-0.2, 0) is 23.8 Å². The maximum atomic E-state index is 11.2. The molecule has 0 saturated carbocycles. The first kappa shape index (κ1) is 15.2. The molecule has 0 spiro atoms. The zero-order chi connectivity index (χ0) is 13.3. The highest BCUT2D eigenvalue weighted by atomic mass is 16.7. The topological polar surface area (TPSA) is 99.1 Å². The number of hydrogen-bond acceptors (Lipinski definition) is 6. The fourth-order valence-electron chi connectivity index (χ4n) is 0.858. The van der Waals surface area contributed by atoms with Crippen molar-refractivity contribution in [2.24, 2.45) is 0 Å². The van der Waals surface area contributed by atoms with Gasteiger partial charge in [0.05, 0.1) is 13.2 Å².